The molecule has 0 saturated heterocycles. The molecule has 0 aromatic carbocycles. The topological polar surface area (TPSA) is 17.1 Å². The fourth-order valence-corrected chi connectivity index (χ4v) is 2.57. The van der Waals surface area contributed by atoms with Gasteiger partial charge in [-0.25, -0.2) is 0 Å². The van der Waals surface area contributed by atoms with E-state index in [9.17, 15) is 4.79 Å². The van der Waals surface area contributed by atoms with E-state index in [1.807, 2.05) is 0 Å². The van der Waals surface area contributed by atoms with E-state index in [-0.39, 0.29) is 0 Å². The maximum absolute atomic E-state index is 11.3. The first-order valence-electron chi connectivity index (χ1n) is 5.06. The van der Waals surface area contributed by atoms with Crippen molar-refractivity contribution < 1.29 is 4.79 Å². The second kappa shape index (κ2) is 3.13. The minimum absolute atomic E-state index is 0.375. The van der Waals surface area contributed by atoms with Crippen LogP contribution < -0.4 is 0 Å². The summed E-state index contributed by atoms with van der Waals surface area (Å²) in [5, 5.41) is 0. The Bertz CT molecular complexity index is 296. The number of ketones is 1. The van der Waals surface area contributed by atoms with Crippen molar-refractivity contribution >= 4 is 5.78 Å². The number of hydrogen-bond acceptors (Lipinski definition) is 1. The van der Waals surface area contributed by atoms with Crippen LogP contribution in [-0.4, -0.2) is 5.78 Å². The highest BCUT2D eigenvalue weighted by atomic mass is 16.1. The molecule has 1 heteroatoms. The van der Waals surface area contributed by atoms with Gasteiger partial charge >= 0.3 is 0 Å². The van der Waals surface area contributed by atoms with Crippen molar-refractivity contribution in [1.82, 2.24) is 0 Å². The van der Waals surface area contributed by atoms with E-state index in [4.69, 9.17) is 0 Å². The summed E-state index contributed by atoms with van der Waals surface area (Å²) < 4.78 is 0. The van der Waals surface area contributed by atoms with Crippen LogP contribution in [0.2, 0.25) is 0 Å². The molecule has 0 aromatic rings. The molecule has 1 saturated carbocycles. The molecule has 0 aliphatic heterocycles. The van der Waals surface area contributed by atoms with Gasteiger partial charge in [-0.15, -0.1) is 0 Å². The Hall–Kier alpha value is -0.850. The monoisotopic (exact) mass is 176 g/mol. The zero-order valence-corrected chi connectivity index (χ0v) is 8.23. The van der Waals surface area contributed by atoms with Gasteiger partial charge in [0.25, 0.3) is 0 Å². The molecule has 2 rings (SSSR count). The number of fused-ring (bicyclic) bond motifs is 1. The third kappa shape index (κ3) is 1.48. The van der Waals surface area contributed by atoms with Crippen LogP contribution in [0.25, 0.3) is 0 Å². The quantitative estimate of drug-likeness (QED) is 0.518. The number of rotatable bonds is 0. The van der Waals surface area contributed by atoms with Gasteiger partial charge < -0.3 is 0 Å². The van der Waals surface area contributed by atoms with Gasteiger partial charge in [-0.05, 0) is 26.2 Å². The molecule has 0 bridgehead atoms. The minimum atomic E-state index is 0.375. The summed E-state index contributed by atoms with van der Waals surface area (Å²) in [4.78, 5) is 11.3. The summed E-state index contributed by atoms with van der Waals surface area (Å²) in [7, 11) is 0. The van der Waals surface area contributed by atoms with Crippen molar-refractivity contribution in [2.24, 2.45) is 5.92 Å². The summed E-state index contributed by atoms with van der Waals surface area (Å²) in [5.74, 6) is 0.922. The molecule has 2 aliphatic rings. The van der Waals surface area contributed by atoms with Crippen LogP contribution in [0.1, 0.15) is 39.0 Å². The van der Waals surface area contributed by atoms with E-state index in [2.05, 4.69) is 13.5 Å². The Morgan fingerprint density at radius 2 is 2.08 bits per heavy atom. The maximum Gasteiger partial charge on any atom is 0.137 e. The lowest BCUT2D eigenvalue weighted by atomic mass is 9.92. The molecule has 70 valence electrons. The summed E-state index contributed by atoms with van der Waals surface area (Å²) >= 11 is 0. The maximum atomic E-state index is 11.3. The van der Waals surface area contributed by atoms with E-state index >= 15 is 0 Å². The second-order valence-corrected chi connectivity index (χ2v) is 4.27. The number of Topliss-reactive ketones (excluding diaryl/α,β-unsaturated/α-hetero) is 1. The molecular weight excluding hydrogens is 160 g/mol. The van der Waals surface area contributed by atoms with Crippen molar-refractivity contribution in [3.8, 4) is 0 Å². The van der Waals surface area contributed by atoms with Gasteiger partial charge in [0.15, 0.2) is 0 Å². The standard InChI is InChI=1S/C12H16O/c1-8-3-5-12-9(2)7-10(13)4-6-11(8)12/h12H,2-7H2,1H3. The number of hydrogen-bond donors (Lipinski definition) is 0. The molecular formula is C12H16O. The van der Waals surface area contributed by atoms with Crippen molar-refractivity contribution in [3.63, 3.8) is 0 Å². The Kier molecular flexibility index (Phi) is 2.10. The van der Waals surface area contributed by atoms with Gasteiger partial charge in [0, 0.05) is 18.8 Å². The van der Waals surface area contributed by atoms with E-state index in [0.717, 1.165) is 18.4 Å². The van der Waals surface area contributed by atoms with E-state index < -0.39 is 0 Å². The normalized spacial score (nSPS) is 29.2. The van der Waals surface area contributed by atoms with Crippen LogP contribution in [-0.2, 0) is 4.79 Å². The zero-order valence-electron chi connectivity index (χ0n) is 8.23. The fourth-order valence-electron chi connectivity index (χ4n) is 2.57. The highest BCUT2D eigenvalue weighted by Gasteiger charge is 2.29. The minimum Gasteiger partial charge on any atom is -0.299 e. The van der Waals surface area contributed by atoms with Crippen LogP contribution in [0.3, 0.4) is 0 Å². The lowest BCUT2D eigenvalue weighted by Gasteiger charge is -2.12. The fraction of sp³-hybridized carbons (Fsp3) is 0.583. The van der Waals surface area contributed by atoms with Gasteiger partial charge in [-0.2, -0.15) is 0 Å². The molecule has 0 aromatic heterocycles. The molecule has 0 radical (unpaired) electrons. The number of allylic oxidation sites excluding steroid dienone is 3. The van der Waals surface area contributed by atoms with Gasteiger partial charge in [0.05, 0.1) is 0 Å². The van der Waals surface area contributed by atoms with Crippen LogP contribution in [0.15, 0.2) is 23.3 Å². The van der Waals surface area contributed by atoms with E-state index in [1.165, 1.54) is 24.0 Å². The van der Waals surface area contributed by atoms with Gasteiger partial charge in [-0.3, -0.25) is 4.79 Å². The predicted octanol–water partition coefficient (Wildman–Crippen LogP) is 3.02. The summed E-state index contributed by atoms with van der Waals surface area (Å²) in [5.41, 5.74) is 4.20. The van der Waals surface area contributed by atoms with Gasteiger partial charge in [-0.1, -0.05) is 23.3 Å². The molecule has 1 unspecified atom stereocenters. The smallest absolute Gasteiger partial charge is 0.137 e. The highest BCUT2D eigenvalue weighted by Crippen LogP contribution is 2.41. The molecule has 1 nitrogen and oxygen atoms in total. The molecule has 0 amide bonds. The van der Waals surface area contributed by atoms with Crippen molar-refractivity contribution in [2.75, 3.05) is 0 Å². The summed E-state index contributed by atoms with van der Waals surface area (Å²) in [6.07, 6.45) is 4.78. The molecule has 13 heavy (non-hydrogen) atoms. The lowest BCUT2D eigenvalue weighted by molar-refractivity contribution is -0.118. The Morgan fingerprint density at radius 3 is 2.85 bits per heavy atom. The van der Waals surface area contributed by atoms with Gasteiger partial charge in [0.2, 0.25) is 0 Å². The largest absolute Gasteiger partial charge is 0.299 e. The average molecular weight is 176 g/mol. The number of carbonyl (C=O) groups is 1. The SMILES string of the molecule is C=C1CC(=O)CCC2=C(C)CCC12. The van der Waals surface area contributed by atoms with Crippen molar-refractivity contribution in [1.29, 1.82) is 0 Å². The molecule has 0 spiro atoms. The Labute approximate surface area is 79.5 Å². The van der Waals surface area contributed by atoms with Crippen LogP contribution >= 0.6 is 0 Å². The first-order chi connectivity index (χ1) is 6.18. The summed E-state index contributed by atoms with van der Waals surface area (Å²) in [6, 6.07) is 0. The predicted molar refractivity (Wildman–Crippen MR) is 53.4 cm³/mol. The highest BCUT2D eigenvalue weighted by molar-refractivity contribution is 5.82. The zero-order chi connectivity index (χ0) is 9.42. The molecule has 2 aliphatic carbocycles. The van der Waals surface area contributed by atoms with Crippen LogP contribution in [0, 0.1) is 5.92 Å². The lowest BCUT2D eigenvalue weighted by Crippen LogP contribution is -2.01. The number of carbonyl (C=O) groups excluding carboxylic acids is 1. The Balaban J connectivity index is 2.30. The molecule has 1 fully saturated rings. The van der Waals surface area contributed by atoms with Crippen molar-refractivity contribution in [2.45, 2.75) is 39.0 Å². The average Bonchev–Trinajstić information content (AvgIpc) is 2.36. The molecule has 0 heterocycles. The Morgan fingerprint density at radius 1 is 1.31 bits per heavy atom. The summed E-state index contributed by atoms with van der Waals surface area (Å²) in [6.45, 7) is 6.25. The third-order valence-electron chi connectivity index (χ3n) is 3.37. The van der Waals surface area contributed by atoms with Crippen LogP contribution in [0.5, 0.6) is 0 Å². The second-order valence-electron chi connectivity index (χ2n) is 4.27. The molecule has 1 atom stereocenters. The first kappa shape index (κ1) is 8.74. The first-order valence-corrected chi connectivity index (χ1v) is 5.06. The molecule has 0 N–H and O–H groups in total. The van der Waals surface area contributed by atoms with E-state index in [0.29, 0.717) is 18.1 Å². The van der Waals surface area contributed by atoms with Crippen molar-refractivity contribution in [3.05, 3.63) is 23.3 Å². The van der Waals surface area contributed by atoms with E-state index in [1.54, 1.807) is 0 Å². The van der Waals surface area contributed by atoms with Crippen LogP contribution in [0.4, 0.5) is 0 Å². The third-order valence-corrected chi connectivity index (χ3v) is 3.37. The van der Waals surface area contributed by atoms with Gasteiger partial charge in [0.1, 0.15) is 5.78 Å².